The largest absolute Gasteiger partial charge is 0.379 e. The highest BCUT2D eigenvalue weighted by molar-refractivity contribution is 5.73. The van der Waals surface area contributed by atoms with E-state index in [1.165, 1.54) is 0 Å². The Morgan fingerprint density at radius 3 is 2.53 bits per heavy atom. The average molecular weight is 242 g/mol. The molecule has 2 amide bonds. The van der Waals surface area contributed by atoms with E-state index < -0.39 is 0 Å². The van der Waals surface area contributed by atoms with Crippen molar-refractivity contribution >= 4 is 6.03 Å². The second-order valence-electron chi connectivity index (χ2n) is 5.22. The average Bonchev–Trinajstić information content (AvgIpc) is 2.73. The minimum absolute atomic E-state index is 0.0379. The van der Waals surface area contributed by atoms with Crippen molar-refractivity contribution in [3.63, 3.8) is 0 Å². The quantitative estimate of drug-likeness (QED) is 0.687. The van der Waals surface area contributed by atoms with E-state index in [4.69, 9.17) is 9.47 Å². The van der Waals surface area contributed by atoms with Crippen molar-refractivity contribution in [3.8, 4) is 0 Å². The summed E-state index contributed by atoms with van der Waals surface area (Å²) < 4.78 is 11.2. The van der Waals surface area contributed by atoms with Crippen LogP contribution in [0.25, 0.3) is 0 Å². The van der Waals surface area contributed by atoms with Gasteiger partial charge in [-0.3, -0.25) is 0 Å². The monoisotopic (exact) mass is 242 g/mol. The molecule has 0 aromatic carbocycles. The van der Waals surface area contributed by atoms with Crippen LogP contribution in [0, 0.1) is 0 Å². The summed E-state index contributed by atoms with van der Waals surface area (Å²) in [7, 11) is 5.32. The van der Waals surface area contributed by atoms with Crippen LogP contribution in [-0.4, -0.2) is 68.4 Å². The zero-order chi connectivity index (χ0) is 12.5. The zero-order valence-corrected chi connectivity index (χ0v) is 10.9. The molecule has 0 aromatic heterocycles. The van der Waals surface area contributed by atoms with Crippen molar-refractivity contribution in [3.05, 3.63) is 0 Å². The second kappa shape index (κ2) is 4.82. The van der Waals surface area contributed by atoms with Gasteiger partial charge >= 0.3 is 6.03 Å². The van der Waals surface area contributed by atoms with E-state index in [-0.39, 0.29) is 17.7 Å². The van der Waals surface area contributed by atoms with Gasteiger partial charge in [-0.15, -0.1) is 0 Å². The van der Waals surface area contributed by atoms with Crippen LogP contribution in [0.2, 0.25) is 0 Å². The zero-order valence-electron chi connectivity index (χ0n) is 10.9. The van der Waals surface area contributed by atoms with Crippen molar-refractivity contribution in [1.82, 2.24) is 9.80 Å². The van der Waals surface area contributed by atoms with Crippen LogP contribution in [0.1, 0.15) is 19.3 Å². The van der Waals surface area contributed by atoms with Crippen LogP contribution in [-0.2, 0) is 9.47 Å². The lowest BCUT2D eigenvalue weighted by molar-refractivity contribution is -0.0391. The number of carbonyl (C=O) groups excluding carboxylic acids is 1. The molecule has 98 valence electrons. The SMILES string of the molecule is CO[C@H]1COC2(CCN(C(=O)N(C)C)CC2)C1. The fourth-order valence-electron chi connectivity index (χ4n) is 2.69. The lowest BCUT2D eigenvalue weighted by atomic mass is 9.88. The summed E-state index contributed by atoms with van der Waals surface area (Å²) in [5.74, 6) is 0. The Labute approximate surface area is 103 Å². The van der Waals surface area contributed by atoms with Gasteiger partial charge in [-0.25, -0.2) is 4.79 Å². The van der Waals surface area contributed by atoms with Gasteiger partial charge in [0.25, 0.3) is 0 Å². The van der Waals surface area contributed by atoms with Gasteiger partial charge in [-0.1, -0.05) is 0 Å². The molecule has 17 heavy (non-hydrogen) atoms. The van der Waals surface area contributed by atoms with Gasteiger partial charge < -0.3 is 19.3 Å². The highest BCUT2D eigenvalue weighted by Crippen LogP contribution is 2.36. The number of likely N-dealkylation sites (tertiary alicyclic amines) is 1. The number of ether oxygens (including phenoxy) is 2. The van der Waals surface area contributed by atoms with Crippen molar-refractivity contribution < 1.29 is 14.3 Å². The number of hydrogen-bond acceptors (Lipinski definition) is 3. The molecule has 2 aliphatic rings. The number of carbonyl (C=O) groups is 1. The molecule has 1 atom stereocenters. The first-order chi connectivity index (χ1) is 8.06. The molecule has 1 spiro atoms. The maximum Gasteiger partial charge on any atom is 0.319 e. The minimum atomic E-state index is -0.0379. The molecule has 2 heterocycles. The topological polar surface area (TPSA) is 42.0 Å². The smallest absolute Gasteiger partial charge is 0.319 e. The van der Waals surface area contributed by atoms with E-state index in [1.807, 2.05) is 4.90 Å². The number of rotatable bonds is 1. The molecular weight excluding hydrogens is 220 g/mol. The van der Waals surface area contributed by atoms with Crippen molar-refractivity contribution in [2.24, 2.45) is 0 Å². The molecule has 2 aliphatic heterocycles. The summed E-state index contributed by atoms with van der Waals surface area (Å²) in [6.45, 7) is 2.26. The minimum Gasteiger partial charge on any atom is -0.379 e. The van der Waals surface area contributed by atoms with E-state index in [0.29, 0.717) is 6.61 Å². The number of hydrogen-bond donors (Lipinski definition) is 0. The molecule has 0 aromatic rings. The standard InChI is InChI=1S/C12H22N2O3/c1-13(2)11(15)14-6-4-12(5-7-14)8-10(16-3)9-17-12/h10H,4-9H2,1-3H3/t10-/m1/s1. The fraction of sp³-hybridized carbons (Fsp3) is 0.917. The van der Waals surface area contributed by atoms with Gasteiger partial charge in [0.05, 0.1) is 18.3 Å². The van der Waals surface area contributed by atoms with Gasteiger partial charge in [-0.05, 0) is 12.8 Å². The first kappa shape index (κ1) is 12.6. The predicted molar refractivity (Wildman–Crippen MR) is 64.0 cm³/mol. The Morgan fingerprint density at radius 2 is 2.06 bits per heavy atom. The van der Waals surface area contributed by atoms with E-state index in [0.717, 1.165) is 32.4 Å². The van der Waals surface area contributed by atoms with Crippen LogP contribution >= 0.6 is 0 Å². The van der Waals surface area contributed by atoms with E-state index in [9.17, 15) is 4.79 Å². The Morgan fingerprint density at radius 1 is 1.41 bits per heavy atom. The van der Waals surface area contributed by atoms with Gasteiger partial charge in [0, 0.05) is 40.7 Å². The van der Waals surface area contributed by atoms with Crippen LogP contribution in [0.3, 0.4) is 0 Å². The van der Waals surface area contributed by atoms with Crippen molar-refractivity contribution in [2.45, 2.75) is 31.0 Å². The highest BCUT2D eigenvalue weighted by Gasteiger charge is 2.43. The lowest BCUT2D eigenvalue weighted by Crippen LogP contribution is -2.49. The molecule has 0 radical (unpaired) electrons. The number of piperidine rings is 1. The molecule has 0 bridgehead atoms. The summed E-state index contributed by atoms with van der Waals surface area (Å²) in [6, 6.07) is 0.0983. The Balaban J connectivity index is 1.88. The second-order valence-corrected chi connectivity index (χ2v) is 5.22. The summed E-state index contributed by atoms with van der Waals surface area (Å²) >= 11 is 0. The number of methoxy groups -OCH3 is 1. The summed E-state index contributed by atoms with van der Waals surface area (Å²) in [5.41, 5.74) is -0.0379. The molecule has 0 N–H and O–H groups in total. The number of amides is 2. The lowest BCUT2D eigenvalue weighted by Gasteiger charge is -2.39. The molecule has 0 saturated carbocycles. The third-order valence-corrected chi connectivity index (χ3v) is 3.84. The van der Waals surface area contributed by atoms with Crippen molar-refractivity contribution in [2.75, 3.05) is 40.9 Å². The summed E-state index contributed by atoms with van der Waals surface area (Å²) in [5, 5.41) is 0. The van der Waals surface area contributed by atoms with Crippen LogP contribution in [0.4, 0.5) is 4.79 Å². The summed E-state index contributed by atoms with van der Waals surface area (Å²) in [4.78, 5) is 15.3. The molecule has 0 aliphatic carbocycles. The van der Waals surface area contributed by atoms with Crippen LogP contribution < -0.4 is 0 Å². The Hall–Kier alpha value is -0.810. The Kier molecular flexibility index (Phi) is 3.58. The molecule has 2 rings (SSSR count). The first-order valence-electron chi connectivity index (χ1n) is 6.19. The normalized spacial score (nSPS) is 27.5. The van der Waals surface area contributed by atoms with E-state index in [1.54, 1.807) is 26.1 Å². The third-order valence-electron chi connectivity index (χ3n) is 3.84. The van der Waals surface area contributed by atoms with E-state index in [2.05, 4.69) is 0 Å². The molecule has 2 fully saturated rings. The third kappa shape index (κ3) is 2.55. The highest BCUT2D eigenvalue weighted by atomic mass is 16.6. The number of urea groups is 1. The molecule has 0 unspecified atom stereocenters. The molecule has 5 heteroatoms. The summed E-state index contributed by atoms with van der Waals surface area (Å²) in [6.07, 6.45) is 3.04. The van der Waals surface area contributed by atoms with Gasteiger partial charge in [0.15, 0.2) is 0 Å². The maximum absolute atomic E-state index is 11.8. The van der Waals surface area contributed by atoms with Crippen molar-refractivity contribution in [1.29, 1.82) is 0 Å². The van der Waals surface area contributed by atoms with Crippen LogP contribution in [0.15, 0.2) is 0 Å². The number of nitrogens with zero attached hydrogens (tertiary/aromatic N) is 2. The van der Waals surface area contributed by atoms with Gasteiger partial charge in [0.2, 0.25) is 0 Å². The van der Waals surface area contributed by atoms with E-state index >= 15 is 0 Å². The maximum atomic E-state index is 11.8. The van der Waals surface area contributed by atoms with Gasteiger partial charge in [0.1, 0.15) is 0 Å². The molecule has 2 saturated heterocycles. The predicted octanol–water partition coefficient (Wildman–Crippen LogP) is 0.938. The first-order valence-corrected chi connectivity index (χ1v) is 6.19. The molecular formula is C12H22N2O3. The van der Waals surface area contributed by atoms with Gasteiger partial charge in [-0.2, -0.15) is 0 Å². The Bertz CT molecular complexity index is 285. The molecule has 5 nitrogen and oxygen atoms in total. The fourth-order valence-corrected chi connectivity index (χ4v) is 2.69. The van der Waals surface area contributed by atoms with Crippen LogP contribution in [0.5, 0.6) is 0 Å².